The summed E-state index contributed by atoms with van der Waals surface area (Å²) in [5, 5.41) is 2.64. The third-order valence-corrected chi connectivity index (χ3v) is 4.03. The molecule has 92 valence electrons. The van der Waals surface area contributed by atoms with Gasteiger partial charge in [0.05, 0.1) is 6.26 Å². The molecule has 1 amide bonds. The second-order valence-corrected chi connectivity index (χ2v) is 5.91. The summed E-state index contributed by atoms with van der Waals surface area (Å²) >= 11 is 0. The first kappa shape index (κ1) is 13.2. The van der Waals surface area contributed by atoms with E-state index >= 15 is 0 Å². The number of hydrogen-bond acceptors (Lipinski definition) is 3. The molecule has 6 heteroatoms. The SMILES string of the molecule is C=CC(=O)NCC1CCCCN1S(C)(=O)=O. The maximum absolute atomic E-state index is 11.5. The average molecular weight is 246 g/mol. The highest BCUT2D eigenvalue weighted by atomic mass is 32.2. The van der Waals surface area contributed by atoms with Crippen LogP contribution in [0.15, 0.2) is 12.7 Å². The lowest BCUT2D eigenvalue weighted by molar-refractivity contribution is -0.116. The van der Waals surface area contributed by atoms with Crippen molar-refractivity contribution in [2.45, 2.75) is 25.3 Å². The smallest absolute Gasteiger partial charge is 0.243 e. The van der Waals surface area contributed by atoms with Crippen LogP contribution in [0.2, 0.25) is 0 Å². The highest BCUT2D eigenvalue weighted by Gasteiger charge is 2.29. The quantitative estimate of drug-likeness (QED) is 0.716. The molecule has 0 aromatic rings. The van der Waals surface area contributed by atoms with Crippen molar-refractivity contribution in [3.63, 3.8) is 0 Å². The van der Waals surface area contributed by atoms with E-state index in [1.54, 1.807) is 0 Å². The van der Waals surface area contributed by atoms with E-state index in [2.05, 4.69) is 11.9 Å². The summed E-state index contributed by atoms with van der Waals surface area (Å²) in [7, 11) is -3.17. The van der Waals surface area contributed by atoms with Gasteiger partial charge in [-0.2, -0.15) is 4.31 Å². The fourth-order valence-corrected chi connectivity index (χ4v) is 3.09. The van der Waals surface area contributed by atoms with Crippen LogP contribution in [-0.4, -0.2) is 44.0 Å². The van der Waals surface area contributed by atoms with Crippen molar-refractivity contribution < 1.29 is 13.2 Å². The predicted molar refractivity (Wildman–Crippen MR) is 62.4 cm³/mol. The maximum atomic E-state index is 11.5. The number of nitrogens with one attached hydrogen (secondary N) is 1. The van der Waals surface area contributed by atoms with Crippen LogP contribution in [0.25, 0.3) is 0 Å². The molecule has 0 aromatic carbocycles. The van der Waals surface area contributed by atoms with E-state index in [1.807, 2.05) is 0 Å². The largest absolute Gasteiger partial charge is 0.351 e. The van der Waals surface area contributed by atoms with Gasteiger partial charge in [-0.1, -0.05) is 13.0 Å². The predicted octanol–water partition coefficient (Wildman–Crippen LogP) is 0.103. The Morgan fingerprint density at radius 3 is 2.81 bits per heavy atom. The van der Waals surface area contributed by atoms with E-state index in [9.17, 15) is 13.2 Å². The second kappa shape index (κ2) is 5.45. The van der Waals surface area contributed by atoms with Crippen LogP contribution in [-0.2, 0) is 14.8 Å². The Morgan fingerprint density at radius 1 is 1.56 bits per heavy atom. The molecule has 1 aliphatic rings. The maximum Gasteiger partial charge on any atom is 0.243 e. The lowest BCUT2D eigenvalue weighted by Gasteiger charge is -2.33. The monoisotopic (exact) mass is 246 g/mol. The number of sulfonamides is 1. The molecular formula is C10H18N2O3S. The highest BCUT2D eigenvalue weighted by molar-refractivity contribution is 7.88. The summed E-state index contributed by atoms with van der Waals surface area (Å²) in [6, 6.07) is -0.118. The first-order chi connectivity index (χ1) is 7.45. The van der Waals surface area contributed by atoms with Crippen LogP contribution >= 0.6 is 0 Å². The summed E-state index contributed by atoms with van der Waals surface area (Å²) in [6.07, 6.45) is 5.08. The Kier molecular flexibility index (Phi) is 4.49. The van der Waals surface area contributed by atoms with E-state index in [4.69, 9.17) is 0 Å². The standard InChI is InChI=1S/C10H18N2O3S/c1-3-10(13)11-8-9-6-4-5-7-12(9)16(2,14)15/h3,9H,1,4-8H2,2H3,(H,11,13). The third kappa shape index (κ3) is 3.61. The summed E-state index contributed by atoms with van der Waals surface area (Å²) in [5.41, 5.74) is 0. The molecule has 0 aliphatic carbocycles. The fourth-order valence-electron chi connectivity index (χ4n) is 1.91. The first-order valence-corrected chi connectivity index (χ1v) is 7.17. The molecule has 1 unspecified atom stereocenters. The Morgan fingerprint density at radius 2 is 2.25 bits per heavy atom. The molecule has 1 fully saturated rings. The zero-order valence-corrected chi connectivity index (χ0v) is 10.3. The minimum Gasteiger partial charge on any atom is -0.351 e. The van der Waals surface area contributed by atoms with Gasteiger partial charge in [-0.25, -0.2) is 8.42 Å². The zero-order valence-electron chi connectivity index (χ0n) is 9.48. The van der Waals surface area contributed by atoms with Crippen LogP contribution in [0.1, 0.15) is 19.3 Å². The zero-order chi connectivity index (χ0) is 12.2. The lowest BCUT2D eigenvalue weighted by Crippen LogP contribution is -2.48. The molecule has 5 nitrogen and oxygen atoms in total. The Balaban J connectivity index is 2.61. The molecule has 16 heavy (non-hydrogen) atoms. The molecule has 1 heterocycles. The number of piperidine rings is 1. The Hall–Kier alpha value is -0.880. The summed E-state index contributed by atoms with van der Waals surface area (Å²) in [4.78, 5) is 11.0. The average Bonchev–Trinajstić information content (AvgIpc) is 2.25. The van der Waals surface area contributed by atoms with Gasteiger partial charge in [0.25, 0.3) is 0 Å². The van der Waals surface area contributed by atoms with Gasteiger partial charge in [0.15, 0.2) is 0 Å². The van der Waals surface area contributed by atoms with Gasteiger partial charge < -0.3 is 5.32 Å². The Labute approximate surface area is 96.6 Å². The van der Waals surface area contributed by atoms with Gasteiger partial charge in [0.1, 0.15) is 0 Å². The number of amides is 1. The molecule has 0 spiro atoms. The van der Waals surface area contributed by atoms with Gasteiger partial charge in [-0.15, -0.1) is 0 Å². The number of carbonyl (C=O) groups excluding carboxylic acids is 1. The molecule has 1 aliphatic heterocycles. The van der Waals surface area contributed by atoms with E-state index in [-0.39, 0.29) is 11.9 Å². The second-order valence-electron chi connectivity index (χ2n) is 3.97. The van der Waals surface area contributed by atoms with Crippen LogP contribution in [0.4, 0.5) is 0 Å². The van der Waals surface area contributed by atoms with Gasteiger partial charge in [0.2, 0.25) is 15.9 Å². The highest BCUT2D eigenvalue weighted by Crippen LogP contribution is 2.19. The van der Waals surface area contributed by atoms with Crippen molar-refractivity contribution in [1.29, 1.82) is 0 Å². The van der Waals surface area contributed by atoms with Gasteiger partial charge >= 0.3 is 0 Å². The molecule has 1 rings (SSSR count). The summed E-state index contributed by atoms with van der Waals surface area (Å²) in [6.45, 7) is 4.26. The van der Waals surface area contributed by atoms with Crippen molar-refractivity contribution in [3.8, 4) is 0 Å². The van der Waals surface area contributed by atoms with Gasteiger partial charge in [-0.05, 0) is 18.9 Å². The van der Waals surface area contributed by atoms with Crippen molar-refractivity contribution in [3.05, 3.63) is 12.7 Å². The molecule has 1 N–H and O–H groups in total. The topological polar surface area (TPSA) is 66.5 Å². The number of nitrogens with zero attached hydrogens (tertiary/aromatic N) is 1. The van der Waals surface area contributed by atoms with Crippen LogP contribution in [0.3, 0.4) is 0 Å². The molecule has 0 aromatic heterocycles. The van der Waals surface area contributed by atoms with Crippen LogP contribution in [0, 0.1) is 0 Å². The van der Waals surface area contributed by atoms with E-state index in [0.717, 1.165) is 19.3 Å². The number of carbonyl (C=O) groups is 1. The fraction of sp³-hybridized carbons (Fsp3) is 0.700. The van der Waals surface area contributed by atoms with Crippen LogP contribution < -0.4 is 5.32 Å². The number of rotatable bonds is 4. The summed E-state index contributed by atoms with van der Waals surface area (Å²) < 4.78 is 24.5. The number of hydrogen-bond donors (Lipinski definition) is 1. The molecular weight excluding hydrogens is 228 g/mol. The first-order valence-electron chi connectivity index (χ1n) is 5.32. The summed E-state index contributed by atoms with van der Waals surface area (Å²) in [5.74, 6) is -0.265. The van der Waals surface area contributed by atoms with Crippen molar-refractivity contribution >= 4 is 15.9 Å². The molecule has 0 saturated carbocycles. The van der Waals surface area contributed by atoms with Crippen molar-refractivity contribution in [1.82, 2.24) is 9.62 Å². The normalized spacial score (nSPS) is 22.7. The van der Waals surface area contributed by atoms with Crippen LogP contribution in [0.5, 0.6) is 0 Å². The molecule has 0 radical (unpaired) electrons. The van der Waals surface area contributed by atoms with Crippen molar-refractivity contribution in [2.24, 2.45) is 0 Å². The van der Waals surface area contributed by atoms with E-state index in [1.165, 1.54) is 16.6 Å². The minimum absolute atomic E-state index is 0.118. The molecule has 1 atom stereocenters. The van der Waals surface area contributed by atoms with Crippen molar-refractivity contribution in [2.75, 3.05) is 19.3 Å². The lowest BCUT2D eigenvalue weighted by atomic mass is 10.1. The minimum atomic E-state index is -3.17. The third-order valence-electron chi connectivity index (χ3n) is 2.70. The molecule has 1 saturated heterocycles. The van der Waals surface area contributed by atoms with Gasteiger partial charge in [-0.3, -0.25) is 4.79 Å². The Bertz CT molecular complexity index is 364. The van der Waals surface area contributed by atoms with E-state index < -0.39 is 10.0 Å². The van der Waals surface area contributed by atoms with E-state index in [0.29, 0.717) is 13.1 Å². The van der Waals surface area contributed by atoms with Gasteiger partial charge in [0, 0.05) is 19.1 Å². The molecule has 0 bridgehead atoms.